The van der Waals surface area contributed by atoms with E-state index >= 15 is 0 Å². The molecule has 0 saturated carbocycles. The number of phenolic OH excluding ortho intramolecular Hbond substituents is 1. The minimum Gasteiger partial charge on any atom is -0.504 e. The summed E-state index contributed by atoms with van der Waals surface area (Å²) >= 11 is 1.22. The van der Waals surface area contributed by atoms with E-state index in [1.54, 1.807) is 38.3 Å². The van der Waals surface area contributed by atoms with E-state index in [-0.39, 0.29) is 23.5 Å². The number of fused-ring (bicyclic) bond motifs is 1. The first-order valence-corrected chi connectivity index (χ1v) is 16.2. The smallest absolute Gasteiger partial charge is 0.338 e. The second-order valence-corrected chi connectivity index (χ2v) is 11.8. The first-order chi connectivity index (χ1) is 22.3. The van der Waals surface area contributed by atoms with Gasteiger partial charge in [-0.05, 0) is 67.3 Å². The Kier molecular flexibility index (Phi) is 10.6. The van der Waals surface area contributed by atoms with E-state index in [9.17, 15) is 14.7 Å². The lowest BCUT2D eigenvalue weighted by Gasteiger charge is -2.25. The Bertz CT molecular complexity index is 1910. The van der Waals surface area contributed by atoms with Crippen molar-refractivity contribution in [1.29, 1.82) is 0 Å². The predicted octanol–water partition coefficient (Wildman–Crippen LogP) is 5.66. The number of benzene rings is 3. The summed E-state index contributed by atoms with van der Waals surface area (Å²) in [6.07, 6.45) is 4.79. The number of aromatic nitrogens is 1. The summed E-state index contributed by atoms with van der Waals surface area (Å²) in [4.78, 5) is 33.1. The molecule has 0 spiro atoms. The summed E-state index contributed by atoms with van der Waals surface area (Å²) in [6.45, 7) is 6.72. The van der Waals surface area contributed by atoms with Crippen LogP contribution in [0.4, 0.5) is 0 Å². The number of carbonyl (C=O) groups excluding carboxylic acids is 1. The number of methoxy groups -OCH3 is 1. The van der Waals surface area contributed by atoms with Crippen molar-refractivity contribution in [1.82, 2.24) is 4.57 Å². The van der Waals surface area contributed by atoms with Crippen LogP contribution in [-0.4, -0.2) is 36.0 Å². The third-order valence-corrected chi connectivity index (χ3v) is 8.53. The average molecular weight is 643 g/mol. The normalized spacial score (nSPS) is 14.4. The number of hydrogen-bond donors (Lipinski definition) is 1. The van der Waals surface area contributed by atoms with E-state index in [0.717, 1.165) is 24.8 Å². The first kappa shape index (κ1) is 32.6. The quantitative estimate of drug-likeness (QED) is 0.148. The van der Waals surface area contributed by atoms with Crippen molar-refractivity contribution >= 4 is 23.4 Å². The Balaban J connectivity index is 1.60. The first-order valence-electron chi connectivity index (χ1n) is 15.3. The molecule has 1 N–H and O–H groups in total. The molecule has 4 aromatic rings. The second kappa shape index (κ2) is 15.0. The van der Waals surface area contributed by atoms with Gasteiger partial charge in [0.25, 0.3) is 5.56 Å². The van der Waals surface area contributed by atoms with Crippen LogP contribution in [-0.2, 0) is 16.1 Å². The number of allylic oxidation sites excluding steroid dienone is 1. The minimum absolute atomic E-state index is 0.0153. The van der Waals surface area contributed by atoms with Crippen LogP contribution in [0.25, 0.3) is 6.08 Å². The molecule has 2 heterocycles. The van der Waals surface area contributed by atoms with Gasteiger partial charge in [-0.1, -0.05) is 73.6 Å². The lowest BCUT2D eigenvalue weighted by atomic mass is 9.95. The van der Waals surface area contributed by atoms with Crippen molar-refractivity contribution in [3.05, 3.63) is 114 Å². The van der Waals surface area contributed by atoms with Gasteiger partial charge in [0.2, 0.25) is 0 Å². The maximum absolute atomic E-state index is 14.1. The SMILES string of the molecule is CCCCCOc1ccc(C2C(C(=O)OCc3ccccc3)=C(C)N=c3sc(=Cc4ccc(O)c(OCC)c4)c(=O)n32)cc1OC. The second-order valence-electron chi connectivity index (χ2n) is 10.8. The molecule has 240 valence electrons. The molecule has 1 aromatic heterocycles. The topological polar surface area (TPSA) is 109 Å². The summed E-state index contributed by atoms with van der Waals surface area (Å²) in [7, 11) is 1.56. The van der Waals surface area contributed by atoms with Crippen LogP contribution < -0.4 is 29.1 Å². The molecule has 0 amide bonds. The summed E-state index contributed by atoms with van der Waals surface area (Å²) < 4.78 is 25.0. The zero-order chi connectivity index (χ0) is 32.6. The minimum atomic E-state index is -0.830. The summed E-state index contributed by atoms with van der Waals surface area (Å²) in [5, 5.41) is 10.2. The van der Waals surface area contributed by atoms with E-state index in [0.29, 0.717) is 56.6 Å². The van der Waals surface area contributed by atoms with Crippen molar-refractivity contribution in [3.8, 4) is 23.0 Å². The molecule has 10 heteroatoms. The Morgan fingerprint density at radius 1 is 1.00 bits per heavy atom. The molecule has 9 nitrogen and oxygen atoms in total. The maximum atomic E-state index is 14.1. The molecule has 1 unspecified atom stereocenters. The molecule has 0 bridgehead atoms. The van der Waals surface area contributed by atoms with Crippen LogP contribution >= 0.6 is 11.3 Å². The molecular weight excluding hydrogens is 604 g/mol. The van der Waals surface area contributed by atoms with Crippen molar-refractivity contribution in [3.63, 3.8) is 0 Å². The fraction of sp³-hybridized carbons (Fsp3) is 0.306. The zero-order valence-corrected chi connectivity index (χ0v) is 27.3. The Morgan fingerprint density at radius 2 is 1.80 bits per heavy atom. The van der Waals surface area contributed by atoms with E-state index in [1.807, 2.05) is 49.4 Å². The molecule has 1 aliphatic heterocycles. The van der Waals surface area contributed by atoms with Crippen molar-refractivity contribution < 1.29 is 28.8 Å². The lowest BCUT2D eigenvalue weighted by molar-refractivity contribution is -0.140. The molecule has 0 fully saturated rings. The van der Waals surface area contributed by atoms with E-state index in [1.165, 1.54) is 22.0 Å². The third kappa shape index (κ3) is 7.18. The van der Waals surface area contributed by atoms with E-state index < -0.39 is 12.0 Å². The van der Waals surface area contributed by atoms with Gasteiger partial charge in [0.15, 0.2) is 27.8 Å². The lowest BCUT2D eigenvalue weighted by Crippen LogP contribution is -2.39. The Morgan fingerprint density at radius 3 is 2.54 bits per heavy atom. The summed E-state index contributed by atoms with van der Waals surface area (Å²) in [6, 6.07) is 18.9. The Labute approximate surface area is 271 Å². The predicted molar refractivity (Wildman–Crippen MR) is 177 cm³/mol. The van der Waals surface area contributed by atoms with E-state index in [2.05, 4.69) is 6.92 Å². The number of phenols is 1. The van der Waals surface area contributed by atoms with Crippen LogP contribution in [0.5, 0.6) is 23.0 Å². The summed E-state index contributed by atoms with van der Waals surface area (Å²) in [5.41, 5.74) is 2.56. The van der Waals surface area contributed by atoms with E-state index in [4.69, 9.17) is 23.9 Å². The van der Waals surface area contributed by atoms with Crippen LogP contribution in [0.3, 0.4) is 0 Å². The number of thiazole rings is 1. The highest BCUT2D eigenvalue weighted by Crippen LogP contribution is 2.36. The number of ether oxygens (including phenoxy) is 4. The maximum Gasteiger partial charge on any atom is 0.338 e. The highest BCUT2D eigenvalue weighted by atomic mass is 32.1. The van der Waals surface area contributed by atoms with Crippen LogP contribution in [0, 0.1) is 0 Å². The molecule has 46 heavy (non-hydrogen) atoms. The monoisotopic (exact) mass is 642 g/mol. The molecule has 1 aliphatic rings. The van der Waals surface area contributed by atoms with Gasteiger partial charge in [-0.15, -0.1) is 0 Å². The number of nitrogens with zero attached hydrogens (tertiary/aromatic N) is 2. The number of aromatic hydroxyl groups is 1. The molecule has 3 aromatic carbocycles. The molecule has 5 rings (SSSR count). The van der Waals surface area contributed by atoms with Gasteiger partial charge in [0.1, 0.15) is 6.61 Å². The van der Waals surface area contributed by atoms with Crippen molar-refractivity contribution in [2.45, 2.75) is 52.7 Å². The number of carbonyl (C=O) groups is 1. The number of unbranched alkanes of at least 4 members (excludes halogenated alkanes) is 2. The zero-order valence-electron chi connectivity index (χ0n) is 26.4. The highest BCUT2D eigenvalue weighted by Gasteiger charge is 2.34. The van der Waals surface area contributed by atoms with Gasteiger partial charge >= 0.3 is 5.97 Å². The van der Waals surface area contributed by atoms with Crippen LogP contribution in [0.1, 0.15) is 62.8 Å². The standard InChI is InChI=1S/C36H38N2O7S/c1-5-7-11-18-44-28-17-15-26(21-30(28)42-4)33-32(35(41)45-22-24-12-9-8-10-13-24)23(3)37-36-38(33)34(40)31(46-36)20-25-14-16-27(39)29(19-25)43-6-2/h8-10,12-17,19-21,33,39H,5-7,11,18,22H2,1-4H3. The highest BCUT2D eigenvalue weighted by molar-refractivity contribution is 7.07. The fourth-order valence-electron chi connectivity index (χ4n) is 5.25. The van der Waals surface area contributed by atoms with Gasteiger partial charge in [-0.3, -0.25) is 9.36 Å². The van der Waals surface area contributed by atoms with Crippen molar-refractivity contribution in [2.24, 2.45) is 4.99 Å². The van der Waals surface area contributed by atoms with Gasteiger partial charge < -0.3 is 24.1 Å². The van der Waals surface area contributed by atoms with Crippen LogP contribution in [0.15, 0.2) is 87.8 Å². The van der Waals surface area contributed by atoms with Crippen LogP contribution in [0.2, 0.25) is 0 Å². The van der Waals surface area contributed by atoms with Gasteiger partial charge in [-0.2, -0.15) is 0 Å². The molecule has 0 saturated heterocycles. The third-order valence-electron chi connectivity index (χ3n) is 7.54. The molecule has 1 atom stereocenters. The molecular formula is C36H38N2O7S. The van der Waals surface area contributed by atoms with Gasteiger partial charge in [0, 0.05) is 0 Å². The Hall–Kier alpha value is -4.83. The summed E-state index contributed by atoms with van der Waals surface area (Å²) in [5.74, 6) is 0.853. The van der Waals surface area contributed by atoms with Crippen molar-refractivity contribution in [2.75, 3.05) is 20.3 Å². The average Bonchev–Trinajstić information content (AvgIpc) is 3.37. The van der Waals surface area contributed by atoms with Gasteiger partial charge in [-0.25, -0.2) is 9.79 Å². The largest absolute Gasteiger partial charge is 0.504 e. The molecule has 0 aliphatic carbocycles. The number of rotatable bonds is 13. The van der Waals surface area contributed by atoms with Gasteiger partial charge in [0.05, 0.1) is 42.2 Å². The number of hydrogen-bond acceptors (Lipinski definition) is 9. The molecule has 0 radical (unpaired) electrons. The number of esters is 1. The fourth-order valence-corrected chi connectivity index (χ4v) is 6.30.